The molecule has 0 unspecified atom stereocenters. The summed E-state index contributed by atoms with van der Waals surface area (Å²) in [6, 6.07) is 4.09. The van der Waals surface area contributed by atoms with Crippen molar-refractivity contribution < 1.29 is 9.15 Å². The molecule has 0 bridgehead atoms. The van der Waals surface area contributed by atoms with Crippen LogP contribution in [0, 0.1) is 17.3 Å². The van der Waals surface area contributed by atoms with E-state index in [1.54, 1.807) is 6.26 Å². The maximum atomic E-state index is 5.61. The second kappa shape index (κ2) is 7.81. The first-order chi connectivity index (χ1) is 12.3. The van der Waals surface area contributed by atoms with Gasteiger partial charge in [-0.25, -0.2) is 0 Å². The Hall–Kier alpha value is -0.840. The molecular formula is C21H34N2O2. The summed E-state index contributed by atoms with van der Waals surface area (Å²) in [5.74, 6) is 2.73. The van der Waals surface area contributed by atoms with Gasteiger partial charge in [0, 0.05) is 32.7 Å². The van der Waals surface area contributed by atoms with Crippen molar-refractivity contribution >= 4 is 0 Å². The normalized spacial score (nSPS) is 28.3. The van der Waals surface area contributed by atoms with Gasteiger partial charge in [-0.1, -0.05) is 12.8 Å². The summed E-state index contributed by atoms with van der Waals surface area (Å²) in [6.45, 7) is 8.12. The first-order valence-electron chi connectivity index (χ1n) is 10.2. The van der Waals surface area contributed by atoms with Gasteiger partial charge in [-0.05, 0) is 62.2 Å². The van der Waals surface area contributed by atoms with Gasteiger partial charge in [-0.15, -0.1) is 0 Å². The van der Waals surface area contributed by atoms with Gasteiger partial charge in [0.2, 0.25) is 0 Å². The minimum absolute atomic E-state index is 0.453. The van der Waals surface area contributed by atoms with Gasteiger partial charge in [0.05, 0.1) is 19.4 Å². The number of ether oxygens (including phenoxy) is 1. The lowest BCUT2D eigenvalue weighted by Gasteiger charge is -2.43. The molecule has 1 atom stereocenters. The van der Waals surface area contributed by atoms with Crippen molar-refractivity contribution in [1.29, 1.82) is 0 Å². The number of methoxy groups -OCH3 is 1. The van der Waals surface area contributed by atoms with Crippen LogP contribution in [0.2, 0.25) is 0 Å². The predicted octanol–water partition coefficient (Wildman–Crippen LogP) is 3.63. The Morgan fingerprint density at radius 3 is 2.68 bits per heavy atom. The lowest BCUT2D eigenvalue weighted by molar-refractivity contribution is 0.0329. The molecule has 0 N–H and O–H groups in total. The number of nitrogens with zero attached hydrogens (tertiary/aromatic N) is 2. The molecule has 1 aliphatic carbocycles. The molecule has 4 nitrogen and oxygen atoms in total. The van der Waals surface area contributed by atoms with Crippen LogP contribution in [-0.4, -0.2) is 56.2 Å². The fourth-order valence-electron chi connectivity index (χ4n) is 5.62. The van der Waals surface area contributed by atoms with Gasteiger partial charge >= 0.3 is 0 Å². The molecule has 0 radical (unpaired) electrons. The van der Waals surface area contributed by atoms with E-state index in [2.05, 4.69) is 15.9 Å². The summed E-state index contributed by atoms with van der Waals surface area (Å²) < 4.78 is 11.2. The van der Waals surface area contributed by atoms with Crippen molar-refractivity contribution in [3.8, 4) is 0 Å². The maximum absolute atomic E-state index is 5.61. The molecule has 25 heavy (non-hydrogen) atoms. The number of piperidine rings is 1. The second-order valence-corrected chi connectivity index (χ2v) is 8.71. The molecule has 2 saturated heterocycles. The summed E-state index contributed by atoms with van der Waals surface area (Å²) in [7, 11) is 1.86. The molecule has 3 aliphatic rings. The number of hydrogen-bond acceptors (Lipinski definition) is 4. The molecule has 3 fully saturated rings. The fraction of sp³-hybridized carbons (Fsp3) is 0.810. The van der Waals surface area contributed by atoms with Crippen molar-refractivity contribution in [2.75, 3.05) is 46.4 Å². The Bertz CT molecular complexity index is 516. The Labute approximate surface area is 152 Å². The number of rotatable bonds is 6. The van der Waals surface area contributed by atoms with Crippen LogP contribution in [0.25, 0.3) is 0 Å². The van der Waals surface area contributed by atoms with Crippen molar-refractivity contribution in [1.82, 2.24) is 9.80 Å². The molecule has 1 aromatic heterocycles. The predicted molar refractivity (Wildman–Crippen MR) is 99.4 cm³/mol. The lowest BCUT2D eigenvalue weighted by atomic mass is 9.71. The molecule has 4 rings (SSSR count). The van der Waals surface area contributed by atoms with Crippen LogP contribution >= 0.6 is 0 Å². The number of hydrogen-bond donors (Lipinski definition) is 0. The van der Waals surface area contributed by atoms with Crippen LogP contribution in [0.1, 0.15) is 44.3 Å². The van der Waals surface area contributed by atoms with Crippen molar-refractivity contribution in [2.45, 2.75) is 45.1 Å². The smallest absolute Gasteiger partial charge is 0.117 e. The summed E-state index contributed by atoms with van der Waals surface area (Å²) in [5, 5.41) is 0. The largest absolute Gasteiger partial charge is 0.468 e. The molecule has 0 aromatic carbocycles. The quantitative estimate of drug-likeness (QED) is 0.786. The van der Waals surface area contributed by atoms with Crippen LogP contribution < -0.4 is 0 Å². The first-order valence-corrected chi connectivity index (χ1v) is 10.2. The highest BCUT2D eigenvalue weighted by molar-refractivity contribution is 5.03. The molecule has 0 amide bonds. The summed E-state index contributed by atoms with van der Waals surface area (Å²) in [4.78, 5) is 5.34. The van der Waals surface area contributed by atoms with E-state index in [0.29, 0.717) is 11.3 Å². The molecule has 4 heteroatoms. The summed E-state index contributed by atoms with van der Waals surface area (Å²) >= 11 is 0. The van der Waals surface area contributed by atoms with E-state index in [-0.39, 0.29) is 0 Å². The highest BCUT2D eigenvalue weighted by Crippen LogP contribution is 2.45. The minimum atomic E-state index is 0.453. The van der Waals surface area contributed by atoms with E-state index in [1.165, 1.54) is 64.7 Å². The van der Waals surface area contributed by atoms with E-state index in [1.807, 2.05) is 13.2 Å². The molecule has 3 heterocycles. The molecule has 140 valence electrons. The van der Waals surface area contributed by atoms with Gasteiger partial charge in [0.25, 0.3) is 0 Å². The molecular weight excluding hydrogens is 312 g/mol. The minimum Gasteiger partial charge on any atom is -0.468 e. The highest BCUT2D eigenvalue weighted by atomic mass is 16.5. The third-order valence-corrected chi connectivity index (χ3v) is 7.05. The van der Waals surface area contributed by atoms with Crippen LogP contribution in [0.4, 0.5) is 0 Å². The molecule has 1 saturated carbocycles. The third-order valence-electron chi connectivity index (χ3n) is 7.05. The first kappa shape index (κ1) is 17.6. The van der Waals surface area contributed by atoms with Gasteiger partial charge in [-0.2, -0.15) is 0 Å². The Morgan fingerprint density at radius 2 is 2.00 bits per heavy atom. The Morgan fingerprint density at radius 1 is 1.20 bits per heavy atom. The topological polar surface area (TPSA) is 28.9 Å². The van der Waals surface area contributed by atoms with E-state index >= 15 is 0 Å². The number of furan rings is 1. The monoisotopic (exact) mass is 346 g/mol. The van der Waals surface area contributed by atoms with Gasteiger partial charge in [0.15, 0.2) is 0 Å². The molecule has 2 aliphatic heterocycles. The van der Waals surface area contributed by atoms with Crippen LogP contribution in [-0.2, 0) is 11.3 Å². The molecule has 1 spiro atoms. The average Bonchev–Trinajstić information content (AvgIpc) is 3.34. The summed E-state index contributed by atoms with van der Waals surface area (Å²) in [6.07, 6.45) is 10.3. The fourth-order valence-corrected chi connectivity index (χ4v) is 5.62. The number of likely N-dealkylation sites (tertiary alicyclic amines) is 2. The second-order valence-electron chi connectivity index (χ2n) is 8.71. The van der Waals surface area contributed by atoms with E-state index in [4.69, 9.17) is 9.15 Å². The average molecular weight is 347 g/mol. The van der Waals surface area contributed by atoms with E-state index in [9.17, 15) is 0 Å². The van der Waals surface area contributed by atoms with E-state index in [0.717, 1.165) is 31.4 Å². The van der Waals surface area contributed by atoms with Crippen molar-refractivity contribution in [3.05, 3.63) is 24.2 Å². The van der Waals surface area contributed by atoms with Crippen LogP contribution in [0.5, 0.6) is 0 Å². The van der Waals surface area contributed by atoms with E-state index < -0.39 is 0 Å². The zero-order chi connectivity index (χ0) is 17.1. The zero-order valence-corrected chi connectivity index (χ0v) is 15.8. The third kappa shape index (κ3) is 3.96. The summed E-state index contributed by atoms with van der Waals surface area (Å²) in [5.41, 5.74) is 0.453. The lowest BCUT2D eigenvalue weighted by Crippen LogP contribution is -2.46. The highest BCUT2D eigenvalue weighted by Gasteiger charge is 2.47. The van der Waals surface area contributed by atoms with Gasteiger partial charge < -0.3 is 14.1 Å². The standard InChI is InChI=1S/C21H34N2O2/c1-24-16-19-14-23(15-20-7-4-12-25-20)17-21(19)8-10-22(11-9-21)13-18-5-2-3-6-18/h4,7,12,18-19H,2-3,5-6,8-11,13-17H2,1H3/t19-/m0/s1. The Kier molecular flexibility index (Phi) is 5.49. The van der Waals surface area contributed by atoms with Crippen LogP contribution in [0.15, 0.2) is 22.8 Å². The SMILES string of the molecule is COC[C@@H]1CN(Cc2ccco2)CC12CCN(CC1CCCC1)CC2. The molecule has 1 aromatic rings. The van der Waals surface area contributed by atoms with Crippen LogP contribution in [0.3, 0.4) is 0 Å². The maximum Gasteiger partial charge on any atom is 0.117 e. The Balaban J connectivity index is 1.35. The van der Waals surface area contributed by atoms with Crippen molar-refractivity contribution in [2.24, 2.45) is 17.3 Å². The van der Waals surface area contributed by atoms with Gasteiger partial charge in [0.1, 0.15) is 5.76 Å². The van der Waals surface area contributed by atoms with Crippen molar-refractivity contribution in [3.63, 3.8) is 0 Å². The zero-order valence-electron chi connectivity index (χ0n) is 15.8. The van der Waals surface area contributed by atoms with Gasteiger partial charge in [-0.3, -0.25) is 4.90 Å².